The lowest BCUT2D eigenvalue weighted by Crippen LogP contribution is -2.48. The number of benzene rings is 2. The normalized spacial score (nSPS) is 14.7. The van der Waals surface area contributed by atoms with Gasteiger partial charge in [0, 0.05) is 50.2 Å². The summed E-state index contributed by atoms with van der Waals surface area (Å²) in [6, 6.07) is 11.1. The summed E-state index contributed by atoms with van der Waals surface area (Å²) < 4.78 is 15.7. The summed E-state index contributed by atoms with van der Waals surface area (Å²) in [6.45, 7) is 5.80. The van der Waals surface area contributed by atoms with E-state index in [4.69, 9.17) is 25.8 Å². The molecule has 0 atom stereocenters. The number of ether oxygens (including phenoxy) is 3. The number of methoxy groups -OCH3 is 2. The molecule has 1 amide bonds. The van der Waals surface area contributed by atoms with E-state index in [1.54, 1.807) is 12.1 Å². The Morgan fingerprint density at radius 1 is 1.03 bits per heavy atom. The number of carbonyl (C=O) groups excluding carboxylic acids is 2. The van der Waals surface area contributed by atoms with Crippen molar-refractivity contribution in [1.82, 2.24) is 15.2 Å². The molecule has 1 fully saturated rings. The Kier molecular flexibility index (Phi) is 9.26. The number of nitrogens with one attached hydrogen (secondary N) is 1. The largest absolute Gasteiger partial charge is 0.493 e. The summed E-state index contributed by atoms with van der Waals surface area (Å²) in [7, 11) is 2.92. The average Bonchev–Trinajstić information content (AvgIpc) is 2.82. The SMILES string of the molecule is COc1cc(/C=N/NC(=O)CN2CCN(Cc3ccc(Cl)cc3)CC2)cc(OC)c1OC(C)=O. The molecule has 1 N–H and O–H groups in total. The maximum atomic E-state index is 12.3. The van der Waals surface area contributed by atoms with Gasteiger partial charge >= 0.3 is 5.97 Å². The van der Waals surface area contributed by atoms with Crippen molar-refractivity contribution in [3.8, 4) is 17.2 Å². The summed E-state index contributed by atoms with van der Waals surface area (Å²) in [5, 5.41) is 4.77. The molecule has 1 aliphatic heterocycles. The average molecular weight is 489 g/mol. The first-order chi connectivity index (χ1) is 16.4. The predicted molar refractivity (Wildman–Crippen MR) is 130 cm³/mol. The highest BCUT2D eigenvalue weighted by Gasteiger charge is 2.19. The van der Waals surface area contributed by atoms with Crippen LogP contribution in [-0.4, -0.2) is 74.8 Å². The molecule has 0 spiro atoms. The number of piperazine rings is 1. The number of carbonyl (C=O) groups is 2. The Morgan fingerprint density at radius 3 is 2.18 bits per heavy atom. The zero-order valence-corrected chi connectivity index (χ0v) is 20.3. The second kappa shape index (κ2) is 12.4. The molecule has 10 heteroatoms. The molecular weight excluding hydrogens is 460 g/mol. The Morgan fingerprint density at radius 2 is 1.62 bits per heavy atom. The Hall–Kier alpha value is -3.14. The number of hydrogen-bond acceptors (Lipinski definition) is 8. The van der Waals surface area contributed by atoms with E-state index in [1.807, 2.05) is 24.3 Å². The standard InChI is InChI=1S/C24H29ClN4O5/c1-17(30)34-24-21(32-2)12-19(13-22(24)33-3)14-26-27-23(31)16-29-10-8-28(9-11-29)15-18-4-6-20(25)7-5-18/h4-7,12-14H,8-11,15-16H2,1-3H3,(H,27,31)/b26-14+. The molecule has 182 valence electrons. The molecular formula is C24H29ClN4O5. The minimum absolute atomic E-state index is 0.189. The first-order valence-corrected chi connectivity index (χ1v) is 11.2. The molecule has 0 bridgehead atoms. The quantitative estimate of drug-likeness (QED) is 0.251. The van der Waals surface area contributed by atoms with E-state index in [2.05, 4.69) is 20.3 Å². The van der Waals surface area contributed by atoms with E-state index >= 15 is 0 Å². The molecule has 34 heavy (non-hydrogen) atoms. The van der Waals surface area contributed by atoms with E-state index in [-0.39, 0.29) is 18.2 Å². The molecule has 0 unspecified atom stereocenters. The van der Waals surface area contributed by atoms with E-state index in [9.17, 15) is 9.59 Å². The topological polar surface area (TPSA) is 92.7 Å². The van der Waals surface area contributed by atoms with Crippen LogP contribution in [0.2, 0.25) is 5.02 Å². The van der Waals surface area contributed by atoms with E-state index in [1.165, 1.54) is 32.9 Å². The molecule has 2 aromatic rings. The number of halogens is 1. The summed E-state index contributed by atoms with van der Waals surface area (Å²) >= 11 is 5.95. The van der Waals surface area contributed by atoms with Crippen molar-refractivity contribution in [1.29, 1.82) is 0 Å². The second-order valence-electron chi connectivity index (χ2n) is 7.82. The summed E-state index contributed by atoms with van der Waals surface area (Å²) in [5.41, 5.74) is 4.39. The van der Waals surface area contributed by atoms with Crippen LogP contribution in [0.25, 0.3) is 0 Å². The maximum Gasteiger partial charge on any atom is 0.308 e. The van der Waals surface area contributed by atoms with Crippen LogP contribution in [0, 0.1) is 0 Å². The Labute approximate surface area is 204 Å². The highest BCUT2D eigenvalue weighted by Crippen LogP contribution is 2.38. The number of esters is 1. The van der Waals surface area contributed by atoms with Crippen LogP contribution in [0.1, 0.15) is 18.1 Å². The fourth-order valence-electron chi connectivity index (χ4n) is 3.59. The molecule has 2 aromatic carbocycles. The number of amides is 1. The Bertz CT molecular complexity index is 996. The van der Waals surface area contributed by atoms with Crippen molar-refractivity contribution in [3.05, 3.63) is 52.5 Å². The summed E-state index contributed by atoms with van der Waals surface area (Å²) in [6.07, 6.45) is 1.48. The van der Waals surface area contributed by atoms with Crippen molar-refractivity contribution < 1.29 is 23.8 Å². The van der Waals surface area contributed by atoms with Gasteiger partial charge in [0.1, 0.15) is 0 Å². The Balaban J connectivity index is 1.48. The van der Waals surface area contributed by atoms with Crippen LogP contribution < -0.4 is 19.6 Å². The van der Waals surface area contributed by atoms with Crippen LogP contribution in [0.3, 0.4) is 0 Å². The highest BCUT2D eigenvalue weighted by atomic mass is 35.5. The monoisotopic (exact) mass is 488 g/mol. The number of hydrazone groups is 1. The van der Waals surface area contributed by atoms with Crippen LogP contribution >= 0.6 is 11.6 Å². The van der Waals surface area contributed by atoms with Crippen LogP contribution in [0.5, 0.6) is 17.2 Å². The van der Waals surface area contributed by atoms with Gasteiger partial charge in [0.05, 0.1) is 27.0 Å². The van der Waals surface area contributed by atoms with Gasteiger partial charge in [-0.25, -0.2) is 5.43 Å². The molecule has 1 aliphatic rings. The number of nitrogens with zero attached hydrogens (tertiary/aromatic N) is 3. The molecule has 0 aromatic heterocycles. The number of rotatable bonds is 9. The minimum Gasteiger partial charge on any atom is -0.493 e. The van der Waals surface area contributed by atoms with Gasteiger partial charge in [0.25, 0.3) is 5.91 Å². The van der Waals surface area contributed by atoms with Gasteiger partial charge < -0.3 is 14.2 Å². The lowest BCUT2D eigenvalue weighted by molar-refractivity contribution is -0.132. The van der Waals surface area contributed by atoms with Gasteiger partial charge in [-0.05, 0) is 29.8 Å². The molecule has 9 nitrogen and oxygen atoms in total. The van der Waals surface area contributed by atoms with Gasteiger partial charge in [0.15, 0.2) is 11.5 Å². The predicted octanol–water partition coefficient (Wildman–Crippen LogP) is 2.55. The van der Waals surface area contributed by atoms with Crippen LogP contribution in [0.15, 0.2) is 41.5 Å². The van der Waals surface area contributed by atoms with Gasteiger partial charge in [-0.2, -0.15) is 5.10 Å². The lowest BCUT2D eigenvalue weighted by atomic mass is 10.2. The lowest BCUT2D eigenvalue weighted by Gasteiger charge is -2.34. The highest BCUT2D eigenvalue weighted by molar-refractivity contribution is 6.30. The first kappa shape index (κ1) is 25.5. The molecule has 0 aliphatic carbocycles. The van der Waals surface area contributed by atoms with Crippen molar-refractivity contribution >= 4 is 29.7 Å². The van der Waals surface area contributed by atoms with Gasteiger partial charge in [0.2, 0.25) is 5.75 Å². The first-order valence-electron chi connectivity index (χ1n) is 10.8. The van der Waals surface area contributed by atoms with E-state index in [0.717, 1.165) is 37.7 Å². The number of hydrogen-bond donors (Lipinski definition) is 1. The van der Waals surface area contributed by atoms with E-state index in [0.29, 0.717) is 17.1 Å². The molecule has 1 saturated heterocycles. The third-order valence-corrected chi connectivity index (χ3v) is 5.54. The van der Waals surface area contributed by atoms with Crippen molar-refractivity contribution in [2.75, 3.05) is 46.9 Å². The third kappa shape index (κ3) is 7.44. The third-order valence-electron chi connectivity index (χ3n) is 5.28. The van der Waals surface area contributed by atoms with E-state index < -0.39 is 5.97 Å². The summed E-state index contributed by atoms with van der Waals surface area (Å²) in [5.74, 6) is 0.139. The molecule has 0 radical (unpaired) electrons. The van der Waals surface area contributed by atoms with Crippen molar-refractivity contribution in [2.24, 2.45) is 5.10 Å². The van der Waals surface area contributed by atoms with Gasteiger partial charge in [-0.15, -0.1) is 0 Å². The zero-order valence-electron chi connectivity index (χ0n) is 19.5. The van der Waals surface area contributed by atoms with Crippen molar-refractivity contribution in [3.63, 3.8) is 0 Å². The fraction of sp³-hybridized carbons (Fsp3) is 0.375. The second-order valence-corrected chi connectivity index (χ2v) is 8.26. The smallest absolute Gasteiger partial charge is 0.308 e. The molecule has 3 rings (SSSR count). The van der Waals surface area contributed by atoms with Crippen LogP contribution in [-0.2, 0) is 16.1 Å². The maximum absolute atomic E-state index is 12.3. The van der Waals surface area contributed by atoms with Crippen molar-refractivity contribution in [2.45, 2.75) is 13.5 Å². The molecule has 0 saturated carbocycles. The zero-order chi connectivity index (χ0) is 24.5. The van der Waals surface area contributed by atoms with Gasteiger partial charge in [-0.1, -0.05) is 23.7 Å². The molecule has 1 heterocycles. The van der Waals surface area contributed by atoms with Gasteiger partial charge in [-0.3, -0.25) is 19.4 Å². The summed E-state index contributed by atoms with van der Waals surface area (Å²) in [4.78, 5) is 28.1. The van der Waals surface area contributed by atoms with Crippen LogP contribution in [0.4, 0.5) is 0 Å². The minimum atomic E-state index is -0.490. The fourth-order valence-corrected chi connectivity index (χ4v) is 3.72.